The molecule has 6 nitrogen and oxygen atoms in total. The highest BCUT2D eigenvalue weighted by Crippen LogP contribution is 2.24. The first kappa shape index (κ1) is 22.8. The third-order valence-electron chi connectivity index (χ3n) is 6.44. The van der Waals surface area contributed by atoms with Gasteiger partial charge in [-0.3, -0.25) is 4.79 Å². The van der Waals surface area contributed by atoms with Crippen molar-refractivity contribution in [2.24, 2.45) is 5.92 Å². The third kappa shape index (κ3) is 5.89. The van der Waals surface area contributed by atoms with Crippen LogP contribution in [0.3, 0.4) is 0 Å². The van der Waals surface area contributed by atoms with Gasteiger partial charge in [-0.1, -0.05) is 30.3 Å². The fraction of sp³-hybridized carbons (Fsp3) is 0.370. The Hall–Kier alpha value is -3.41. The molecule has 0 bridgehead atoms. The Morgan fingerprint density at radius 1 is 0.939 bits per heavy atom. The van der Waals surface area contributed by atoms with Gasteiger partial charge >= 0.3 is 0 Å². The van der Waals surface area contributed by atoms with Crippen molar-refractivity contribution in [3.63, 3.8) is 0 Å². The lowest BCUT2D eigenvalue weighted by atomic mass is 9.90. The number of carbonyl (C=O) groups is 1. The van der Waals surface area contributed by atoms with Crippen LogP contribution in [0, 0.1) is 5.92 Å². The molecule has 0 unspecified atom stereocenters. The summed E-state index contributed by atoms with van der Waals surface area (Å²) in [5, 5.41) is 11.5. The Labute approximate surface area is 196 Å². The fourth-order valence-electron chi connectivity index (χ4n) is 4.47. The number of hydrogen-bond acceptors (Lipinski definition) is 5. The van der Waals surface area contributed by atoms with Crippen LogP contribution in [0.1, 0.15) is 42.7 Å². The van der Waals surface area contributed by atoms with Crippen molar-refractivity contribution < 1.29 is 4.79 Å². The number of benzene rings is 2. The van der Waals surface area contributed by atoms with E-state index in [1.807, 2.05) is 30.3 Å². The minimum absolute atomic E-state index is 0.244. The number of piperidine rings is 1. The highest BCUT2D eigenvalue weighted by Gasteiger charge is 2.21. The molecule has 0 atom stereocenters. The Bertz CT molecular complexity index is 1010. The average Bonchev–Trinajstić information content (AvgIpc) is 2.87. The van der Waals surface area contributed by atoms with Crippen LogP contribution in [0.15, 0.2) is 66.7 Å². The molecular formula is C27H33N5O. The monoisotopic (exact) mass is 443 g/mol. The van der Waals surface area contributed by atoms with E-state index in [0.29, 0.717) is 11.6 Å². The summed E-state index contributed by atoms with van der Waals surface area (Å²) in [6, 6.07) is 22.3. The number of hydrogen-bond donors (Lipinski definition) is 1. The van der Waals surface area contributed by atoms with Crippen molar-refractivity contribution in [2.75, 3.05) is 41.3 Å². The molecule has 1 fully saturated rings. The van der Waals surface area contributed by atoms with E-state index in [9.17, 15) is 4.79 Å². The van der Waals surface area contributed by atoms with Crippen molar-refractivity contribution in [3.8, 4) is 0 Å². The zero-order valence-electron chi connectivity index (χ0n) is 19.6. The molecule has 6 heteroatoms. The maximum absolute atomic E-state index is 12.6. The first-order valence-corrected chi connectivity index (χ1v) is 11.9. The summed E-state index contributed by atoms with van der Waals surface area (Å²) in [6.07, 6.45) is 3.42. The van der Waals surface area contributed by atoms with E-state index in [-0.39, 0.29) is 5.91 Å². The van der Waals surface area contributed by atoms with Crippen molar-refractivity contribution >= 4 is 23.1 Å². The van der Waals surface area contributed by atoms with E-state index in [2.05, 4.69) is 69.5 Å². The number of anilines is 3. The van der Waals surface area contributed by atoms with Crippen LogP contribution in [0.4, 0.5) is 17.2 Å². The predicted octanol–water partition coefficient (Wildman–Crippen LogP) is 5.03. The molecular weight excluding hydrogens is 410 g/mol. The topological polar surface area (TPSA) is 61.4 Å². The minimum Gasteiger partial charge on any atom is -0.372 e. The van der Waals surface area contributed by atoms with E-state index >= 15 is 0 Å². The van der Waals surface area contributed by atoms with E-state index in [1.165, 1.54) is 5.56 Å². The van der Waals surface area contributed by atoms with Crippen molar-refractivity contribution in [2.45, 2.75) is 33.1 Å². The maximum Gasteiger partial charge on any atom is 0.276 e. The summed E-state index contributed by atoms with van der Waals surface area (Å²) < 4.78 is 0. The van der Waals surface area contributed by atoms with Gasteiger partial charge in [0, 0.05) is 37.6 Å². The number of carbonyl (C=O) groups excluding carboxylic acids is 1. The van der Waals surface area contributed by atoms with Crippen LogP contribution < -0.4 is 15.1 Å². The second kappa shape index (κ2) is 10.9. The van der Waals surface area contributed by atoms with Crippen LogP contribution in [-0.2, 0) is 6.42 Å². The van der Waals surface area contributed by atoms with Gasteiger partial charge in [0.05, 0.1) is 0 Å². The van der Waals surface area contributed by atoms with Crippen LogP contribution in [0.2, 0.25) is 0 Å². The predicted molar refractivity (Wildman–Crippen MR) is 135 cm³/mol. The lowest BCUT2D eigenvalue weighted by Crippen LogP contribution is -2.35. The summed E-state index contributed by atoms with van der Waals surface area (Å²) >= 11 is 0. The Balaban J connectivity index is 1.29. The van der Waals surface area contributed by atoms with E-state index < -0.39 is 0 Å². The maximum atomic E-state index is 12.6. The standard InChI is InChI=1S/C27H33N5O/c1-3-31(4-2)24-12-10-23(11-13-24)28-27(33)25-14-15-26(30-29-25)32-18-16-22(17-19-32)20-21-8-6-5-7-9-21/h5-15,22H,3-4,16-20H2,1-2H3,(H,28,33). The molecule has 2 heterocycles. The molecule has 1 amide bonds. The van der Waals surface area contributed by atoms with Crippen LogP contribution in [0.5, 0.6) is 0 Å². The second-order valence-corrected chi connectivity index (χ2v) is 8.57. The Morgan fingerprint density at radius 3 is 2.24 bits per heavy atom. The number of rotatable bonds is 8. The largest absolute Gasteiger partial charge is 0.372 e. The summed E-state index contributed by atoms with van der Waals surface area (Å²) in [7, 11) is 0. The molecule has 2 aromatic carbocycles. The summed E-state index contributed by atoms with van der Waals surface area (Å²) in [5.41, 5.74) is 3.64. The molecule has 33 heavy (non-hydrogen) atoms. The molecule has 172 valence electrons. The number of aromatic nitrogens is 2. The molecule has 1 aliphatic heterocycles. The van der Waals surface area contributed by atoms with Gasteiger partial charge in [-0.05, 0) is 81.0 Å². The molecule has 3 aromatic rings. The van der Waals surface area contributed by atoms with E-state index in [0.717, 1.165) is 62.6 Å². The van der Waals surface area contributed by atoms with Gasteiger partial charge in [-0.2, -0.15) is 0 Å². The lowest BCUT2D eigenvalue weighted by molar-refractivity contribution is 0.102. The highest BCUT2D eigenvalue weighted by atomic mass is 16.1. The van der Waals surface area contributed by atoms with Gasteiger partial charge in [0.15, 0.2) is 11.5 Å². The normalized spacial score (nSPS) is 14.2. The summed E-state index contributed by atoms with van der Waals surface area (Å²) in [4.78, 5) is 17.1. The molecule has 1 aromatic heterocycles. The van der Waals surface area contributed by atoms with Gasteiger partial charge in [-0.15, -0.1) is 10.2 Å². The third-order valence-corrected chi connectivity index (χ3v) is 6.44. The average molecular weight is 444 g/mol. The molecule has 0 radical (unpaired) electrons. The first-order valence-electron chi connectivity index (χ1n) is 11.9. The van der Waals surface area contributed by atoms with Crippen LogP contribution >= 0.6 is 0 Å². The molecule has 0 aliphatic carbocycles. The fourth-order valence-corrected chi connectivity index (χ4v) is 4.47. The quantitative estimate of drug-likeness (QED) is 0.529. The second-order valence-electron chi connectivity index (χ2n) is 8.57. The van der Waals surface area contributed by atoms with E-state index in [1.54, 1.807) is 6.07 Å². The minimum atomic E-state index is -0.244. The number of nitrogens with zero attached hydrogens (tertiary/aromatic N) is 4. The number of nitrogens with one attached hydrogen (secondary N) is 1. The van der Waals surface area contributed by atoms with Crippen molar-refractivity contribution in [3.05, 3.63) is 78.0 Å². The molecule has 0 saturated carbocycles. The SMILES string of the molecule is CCN(CC)c1ccc(NC(=O)c2ccc(N3CCC(Cc4ccccc4)CC3)nn2)cc1. The summed E-state index contributed by atoms with van der Waals surface area (Å²) in [5.74, 6) is 1.30. The molecule has 1 saturated heterocycles. The highest BCUT2D eigenvalue weighted by molar-refractivity contribution is 6.02. The smallest absolute Gasteiger partial charge is 0.276 e. The van der Waals surface area contributed by atoms with Crippen LogP contribution in [0.25, 0.3) is 0 Å². The van der Waals surface area contributed by atoms with Gasteiger partial charge in [0.1, 0.15) is 0 Å². The molecule has 0 spiro atoms. The lowest BCUT2D eigenvalue weighted by Gasteiger charge is -2.32. The number of amides is 1. The Kier molecular flexibility index (Phi) is 7.55. The van der Waals surface area contributed by atoms with E-state index in [4.69, 9.17) is 0 Å². The zero-order chi connectivity index (χ0) is 23.0. The molecule has 4 rings (SSSR count). The molecule has 1 aliphatic rings. The Morgan fingerprint density at radius 2 is 1.64 bits per heavy atom. The van der Waals surface area contributed by atoms with Gasteiger partial charge in [0.25, 0.3) is 5.91 Å². The zero-order valence-corrected chi connectivity index (χ0v) is 19.6. The molecule has 1 N–H and O–H groups in total. The van der Waals surface area contributed by atoms with Gasteiger partial charge < -0.3 is 15.1 Å². The summed E-state index contributed by atoms with van der Waals surface area (Å²) in [6.45, 7) is 8.11. The van der Waals surface area contributed by atoms with Crippen LogP contribution in [-0.4, -0.2) is 42.3 Å². The van der Waals surface area contributed by atoms with Crippen molar-refractivity contribution in [1.82, 2.24) is 10.2 Å². The van der Waals surface area contributed by atoms with Gasteiger partial charge in [0.2, 0.25) is 0 Å². The first-order chi connectivity index (χ1) is 16.2. The van der Waals surface area contributed by atoms with Crippen molar-refractivity contribution in [1.29, 1.82) is 0 Å². The van der Waals surface area contributed by atoms with Gasteiger partial charge in [-0.25, -0.2) is 0 Å².